The Morgan fingerprint density at radius 2 is 2.19 bits per heavy atom. The average molecular weight is 220 g/mol. The molecular weight excluding hydrogens is 200 g/mol. The van der Waals surface area contributed by atoms with Crippen molar-refractivity contribution in [2.75, 3.05) is 18.0 Å². The first-order valence-electron chi connectivity index (χ1n) is 6.06. The third-order valence-corrected chi connectivity index (χ3v) is 2.89. The quantitative estimate of drug-likeness (QED) is 0.812. The number of anilines is 1. The smallest absolute Gasteiger partial charge is 0.132 e. The van der Waals surface area contributed by atoms with Crippen LogP contribution in [0.3, 0.4) is 0 Å². The van der Waals surface area contributed by atoms with E-state index in [1.807, 2.05) is 6.92 Å². The molecule has 0 aromatic carbocycles. The summed E-state index contributed by atoms with van der Waals surface area (Å²) in [5, 5.41) is 0. The van der Waals surface area contributed by atoms with Gasteiger partial charge in [-0.15, -0.1) is 0 Å². The van der Waals surface area contributed by atoms with Gasteiger partial charge in [0.1, 0.15) is 11.6 Å². The highest BCUT2D eigenvalue weighted by atomic mass is 15.2. The van der Waals surface area contributed by atoms with Gasteiger partial charge in [0.25, 0.3) is 0 Å². The molecule has 4 nitrogen and oxygen atoms in total. The van der Waals surface area contributed by atoms with Gasteiger partial charge in [-0.3, -0.25) is 0 Å². The molecule has 1 aliphatic rings. The van der Waals surface area contributed by atoms with Crippen molar-refractivity contribution < 1.29 is 0 Å². The molecule has 0 unspecified atom stereocenters. The van der Waals surface area contributed by atoms with Crippen molar-refractivity contribution in [3.63, 3.8) is 0 Å². The van der Waals surface area contributed by atoms with E-state index < -0.39 is 0 Å². The van der Waals surface area contributed by atoms with Crippen LogP contribution in [0, 0.1) is 6.92 Å². The van der Waals surface area contributed by atoms with Gasteiger partial charge in [0.2, 0.25) is 0 Å². The first-order valence-corrected chi connectivity index (χ1v) is 6.06. The predicted molar refractivity (Wildman–Crippen MR) is 65.6 cm³/mol. The molecule has 0 radical (unpaired) electrons. The molecule has 0 saturated heterocycles. The van der Waals surface area contributed by atoms with Crippen LogP contribution in [0.2, 0.25) is 0 Å². The number of hydrogen-bond donors (Lipinski definition) is 1. The van der Waals surface area contributed by atoms with Gasteiger partial charge in [-0.05, 0) is 26.2 Å². The van der Waals surface area contributed by atoms with Crippen LogP contribution in [0.25, 0.3) is 0 Å². The standard InChI is InChI=1S/C12H20N4/c1-3-10-8-12(15-9(2)14-10)16(7-6-13)11-4-5-11/h8,11H,3-7,13H2,1-2H3. The number of aromatic nitrogens is 2. The van der Waals surface area contributed by atoms with Crippen molar-refractivity contribution in [1.29, 1.82) is 0 Å². The van der Waals surface area contributed by atoms with E-state index in [2.05, 4.69) is 27.9 Å². The maximum Gasteiger partial charge on any atom is 0.132 e. The van der Waals surface area contributed by atoms with E-state index in [9.17, 15) is 0 Å². The molecule has 0 aliphatic heterocycles. The highest BCUT2D eigenvalue weighted by molar-refractivity contribution is 5.42. The number of rotatable bonds is 5. The Balaban J connectivity index is 2.25. The zero-order valence-corrected chi connectivity index (χ0v) is 10.1. The van der Waals surface area contributed by atoms with Crippen LogP contribution < -0.4 is 10.6 Å². The third kappa shape index (κ3) is 2.50. The summed E-state index contributed by atoms with van der Waals surface area (Å²) in [6, 6.07) is 2.75. The molecule has 88 valence electrons. The van der Waals surface area contributed by atoms with Crippen molar-refractivity contribution in [1.82, 2.24) is 9.97 Å². The van der Waals surface area contributed by atoms with Crippen LogP contribution in [0.4, 0.5) is 5.82 Å². The lowest BCUT2D eigenvalue weighted by molar-refractivity contribution is 0.761. The topological polar surface area (TPSA) is 55.0 Å². The molecule has 1 aromatic heterocycles. The lowest BCUT2D eigenvalue weighted by Crippen LogP contribution is -2.32. The second kappa shape index (κ2) is 4.78. The Bertz CT molecular complexity index is 360. The maximum atomic E-state index is 5.66. The van der Waals surface area contributed by atoms with Crippen LogP contribution in [-0.4, -0.2) is 29.1 Å². The molecule has 1 saturated carbocycles. The predicted octanol–water partition coefficient (Wildman–Crippen LogP) is 1.27. The molecule has 2 N–H and O–H groups in total. The van der Waals surface area contributed by atoms with Gasteiger partial charge in [-0.25, -0.2) is 9.97 Å². The first kappa shape index (κ1) is 11.3. The van der Waals surface area contributed by atoms with E-state index in [4.69, 9.17) is 5.73 Å². The minimum absolute atomic E-state index is 0.655. The molecule has 0 spiro atoms. The van der Waals surface area contributed by atoms with E-state index >= 15 is 0 Å². The summed E-state index contributed by atoms with van der Waals surface area (Å²) < 4.78 is 0. The second-order valence-electron chi connectivity index (χ2n) is 4.33. The highest BCUT2D eigenvalue weighted by Crippen LogP contribution is 2.30. The van der Waals surface area contributed by atoms with E-state index in [1.54, 1.807) is 0 Å². The van der Waals surface area contributed by atoms with E-state index in [0.717, 1.165) is 30.3 Å². The Hall–Kier alpha value is -1.16. The molecule has 4 heteroatoms. The molecule has 0 amide bonds. The van der Waals surface area contributed by atoms with Crippen molar-refractivity contribution in [3.05, 3.63) is 17.6 Å². The van der Waals surface area contributed by atoms with Crippen LogP contribution in [0.15, 0.2) is 6.07 Å². The normalized spacial score (nSPS) is 15.2. The molecule has 16 heavy (non-hydrogen) atoms. The second-order valence-corrected chi connectivity index (χ2v) is 4.33. The summed E-state index contributed by atoms with van der Waals surface area (Å²) in [6.45, 7) is 5.65. The van der Waals surface area contributed by atoms with Crippen molar-refractivity contribution in [3.8, 4) is 0 Å². The van der Waals surface area contributed by atoms with E-state index in [0.29, 0.717) is 12.6 Å². The fraction of sp³-hybridized carbons (Fsp3) is 0.667. The zero-order chi connectivity index (χ0) is 11.5. The minimum Gasteiger partial charge on any atom is -0.352 e. The van der Waals surface area contributed by atoms with Crippen LogP contribution >= 0.6 is 0 Å². The molecule has 0 bridgehead atoms. The molecule has 1 heterocycles. The Labute approximate surface area is 96.9 Å². The summed E-state index contributed by atoms with van der Waals surface area (Å²) in [7, 11) is 0. The SMILES string of the molecule is CCc1cc(N(CCN)C2CC2)nc(C)n1. The molecule has 1 aliphatic carbocycles. The van der Waals surface area contributed by atoms with Crippen molar-refractivity contribution in [2.45, 2.75) is 39.2 Å². The average Bonchev–Trinajstić information content (AvgIpc) is 3.08. The van der Waals surface area contributed by atoms with E-state index in [1.165, 1.54) is 12.8 Å². The first-order chi connectivity index (χ1) is 7.74. The Morgan fingerprint density at radius 1 is 1.44 bits per heavy atom. The van der Waals surface area contributed by atoms with Gasteiger partial charge < -0.3 is 10.6 Å². The van der Waals surface area contributed by atoms with Crippen LogP contribution in [0.5, 0.6) is 0 Å². The van der Waals surface area contributed by atoms with Crippen LogP contribution in [-0.2, 0) is 6.42 Å². The summed E-state index contributed by atoms with van der Waals surface area (Å²) in [6.07, 6.45) is 3.49. The number of hydrogen-bond acceptors (Lipinski definition) is 4. The Morgan fingerprint density at radius 3 is 2.75 bits per heavy atom. The minimum atomic E-state index is 0.655. The molecular formula is C12H20N4. The van der Waals surface area contributed by atoms with Gasteiger partial charge in [-0.2, -0.15) is 0 Å². The zero-order valence-electron chi connectivity index (χ0n) is 10.1. The van der Waals surface area contributed by atoms with Gasteiger partial charge in [-0.1, -0.05) is 6.92 Å². The fourth-order valence-electron chi connectivity index (χ4n) is 1.95. The maximum absolute atomic E-state index is 5.66. The highest BCUT2D eigenvalue weighted by Gasteiger charge is 2.29. The molecule has 1 aromatic rings. The lowest BCUT2D eigenvalue weighted by atomic mass is 10.3. The van der Waals surface area contributed by atoms with Gasteiger partial charge in [0.15, 0.2) is 0 Å². The number of aryl methyl sites for hydroxylation is 2. The summed E-state index contributed by atoms with van der Waals surface area (Å²) in [4.78, 5) is 11.3. The van der Waals surface area contributed by atoms with Crippen molar-refractivity contribution in [2.24, 2.45) is 5.73 Å². The monoisotopic (exact) mass is 220 g/mol. The third-order valence-electron chi connectivity index (χ3n) is 2.89. The van der Waals surface area contributed by atoms with Gasteiger partial charge in [0.05, 0.1) is 0 Å². The van der Waals surface area contributed by atoms with Gasteiger partial charge >= 0.3 is 0 Å². The number of nitrogens with zero attached hydrogens (tertiary/aromatic N) is 3. The fourth-order valence-corrected chi connectivity index (χ4v) is 1.95. The number of nitrogens with two attached hydrogens (primary N) is 1. The van der Waals surface area contributed by atoms with Crippen molar-refractivity contribution >= 4 is 5.82 Å². The summed E-state index contributed by atoms with van der Waals surface area (Å²) >= 11 is 0. The van der Waals surface area contributed by atoms with E-state index in [-0.39, 0.29) is 0 Å². The molecule has 0 atom stereocenters. The van der Waals surface area contributed by atoms with Crippen LogP contribution in [0.1, 0.15) is 31.3 Å². The molecule has 1 fully saturated rings. The largest absolute Gasteiger partial charge is 0.352 e. The lowest BCUT2D eigenvalue weighted by Gasteiger charge is -2.23. The summed E-state index contributed by atoms with van der Waals surface area (Å²) in [5.74, 6) is 1.91. The summed E-state index contributed by atoms with van der Waals surface area (Å²) in [5.41, 5.74) is 6.77. The Kier molecular flexibility index (Phi) is 3.39. The van der Waals surface area contributed by atoms with Gasteiger partial charge in [0, 0.05) is 30.9 Å². The molecule has 2 rings (SSSR count).